The van der Waals surface area contributed by atoms with Gasteiger partial charge >= 0.3 is 6.09 Å². The van der Waals surface area contributed by atoms with Crippen molar-refractivity contribution in [2.75, 3.05) is 6.54 Å². The average Bonchev–Trinajstić information content (AvgIpc) is 3.01. The molecule has 2 rings (SSSR count). The Bertz CT molecular complexity index is 770. The fourth-order valence-corrected chi connectivity index (χ4v) is 1.92. The zero-order valence-electron chi connectivity index (χ0n) is 14.8. The maximum atomic E-state index is 13.5. The third-order valence-corrected chi connectivity index (χ3v) is 3.04. The van der Waals surface area contributed by atoms with E-state index in [0.29, 0.717) is 6.42 Å². The molecule has 8 nitrogen and oxygen atoms in total. The van der Waals surface area contributed by atoms with Crippen LogP contribution < -0.4 is 10.6 Å². The van der Waals surface area contributed by atoms with E-state index in [1.54, 1.807) is 20.8 Å². The summed E-state index contributed by atoms with van der Waals surface area (Å²) < 4.78 is 23.8. The molecule has 0 aliphatic heterocycles. The summed E-state index contributed by atoms with van der Waals surface area (Å²) in [6.45, 7) is 5.48. The Kier molecular flexibility index (Phi) is 6.26. The summed E-state index contributed by atoms with van der Waals surface area (Å²) in [6.07, 6.45) is 2.39. The van der Waals surface area contributed by atoms with Crippen LogP contribution in [0.15, 0.2) is 29.0 Å². The Balaban J connectivity index is 1.79. The highest BCUT2D eigenvalue weighted by molar-refractivity contribution is 5.91. The summed E-state index contributed by atoms with van der Waals surface area (Å²) in [5, 5.41) is 5.08. The molecule has 0 spiro atoms. The number of carbonyl (C=O) groups is 2. The molecule has 0 unspecified atom stereocenters. The molecule has 9 heteroatoms. The van der Waals surface area contributed by atoms with Crippen molar-refractivity contribution in [1.82, 2.24) is 20.6 Å². The Labute approximate surface area is 150 Å². The molecule has 0 radical (unpaired) electrons. The van der Waals surface area contributed by atoms with E-state index in [-0.39, 0.29) is 30.4 Å². The molecule has 0 saturated heterocycles. The highest BCUT2D eigenvalue weighted by Crippen LogP contribution is 2.07. The fourth-order valence-electron chi connectivity index (χ4n) is 1.92. The van der Waals surface area contributed by atoms with Crippen molar-refractivity contribution in [3.8, 4) is 0 Å². The van der Waals surface area contributed by atoms with Crippen LogP contribution in [0.25, 0.3) is 0 Å². The van der Waals surface area contributed by atoms with E-state index < -0.39 is 23.4 Å². The molecule has 0 fully saturated rings. The van der Waals surface area contributed by atoms with Crippen molar-refractivity contribution in [3.05, 3.63) is 47.7 Å². The van der Waals surface area contributed by atoms with Gasteiger partial charge < -0.3 is 19.8 Å². The summed E-state index contributed by atoms with van der Waals surface area (Å²) in [4.78, 5) is 31.4. The molecule has 2 heterocycles. The van der Waals surface area contributed by atoms with Crippen LogP contribution in [0.5, 0.6) is 0 Å². The minimum atomic E-state index is -0.578. The summed E-state index contributed by atoms with van der Waals surface area (Å²) in [5.74, 6) is -0.720. The van der Waals surface area contributed by atoms with Gasteiger partial charge in [-0.1, -0.05) is 0 Å². The molecule has 0 saturated carbocycles. The third-order valence-electron chi connectivity index (χ3n) is 3.04. The number of hydrogen-bond acceptors (Lipinski definition) is 6. The lowest BCUT2D eigenvalue weighted by Gasteiger charge is -2.19. The maximum absolute atomic E-state index is 13.5. The molecule has 140 valence electrons. The van der Waals surface area contributed by atoms with Gasteiger partial charge in [-0.05, 0) is 32.9 Å². The van der Waals surface area contributed by atoms with Gasteiger partial charge in [0.15, 0.2) is 11.6 Å². The molecule has 0 aliphatic rings. The first-order valence-electron chi connectivity index (χ1n) is 8.03. The zero-order chi connectivity index (χ0) is 19.2. The van der Waals surface area contributed by atoms with Crippen molar-refractivity contribution >= 4 is 12.0 Å². The largest absolute Gasteiger partial charge is 0.448 e. The fraction of sp³-hybridized carbons (Fsp3) is 0.412. The molecule has 2 N–H and O–H groups in total. The van der Waals surface area contributed by atoms with Gasteiger partial charge in [0.1, 0.15) is 17.7 Å². The van der Waals surface area contributed by atoms with E-state index in [4.69, 9.17) is 9.15 Å². The van der Waals surface area contributed by atoms with Crippen molar-refractivity contribution in [2.45, 2.75) is 39.3 Å². The van der Waals surface area contributed by atoms with E-state index in [9.17, 15) is 14.0 Å². The SMILES string of the molecule is CC(C)(C)OC(=O)NCCc1nc(C(=O)NCc2ncccc2F)co1. The number of carbonyl (C=O) groups excluding carboxylic acids is 2. The van der Waals surface area contributed by atoms with Gasteiger partial charge in [-0.25, -0.2) is 14.2 Å². The predicted octanol–water partition coefficient (Wildman–Crippen LogP) is 2.21. The van der Waals surface area contributed by atoms with Crippen LogP contribution in [0, 0.1) is 5.82 Å². The van der Waals surface area contributed by atoms with Crippen molar-refractivity contribution < 1.29 is 23.1 Å². The second-order valence-corrected chi connectivity index (χ2v) is 6.42. The van der Waals surface area contributed by atoms with E-state index >= 15 is 0 Å². The van der Waals surface area contributed by atoms with Gasteiger partial charge in [0, 0.05) is 19.2 Å². The molecular weight excluding hydrogens is 343 g/mol. The lowest BCUT2D eigenvalue weighted by molar-refractivity contribution is 0.0527. The van der Waals surface area contributed by atoms with Gasteiger partial charge in [0.05, 0.1) is 12.2 Å². The number of rotatable bonds is 6. The van der Waals surface area contributed by atoms with Gasteiger partial charge in [0.2, 0.25) is 0 Å². The first kappa shape index (κ1) is 19.4. The topological polar surface area (TPSA) is 106 Å². The third kappa shape index (κ3) is 6.15. The number of hydrogen-bond donors (Lipinski definition) is 2. The Morgan fingerprint density at radius 3 is 2.77 bits per heavy atom. The van der Waals surface area contributed by atoms with Crippen molar-refractivity contribution in [3.63, 3.8) is 0 Å². The Morgan fingerprint density at radius 2 is 2.08 bits per heavy atom. The Hall–Kier alpha value is -2.97. The highest BCUT2D eigenvalue weighted by atomic mass is 19.1. The van der Waals surface area contributed by atoms with Crippen molar-refractivity contribution in [1.29, 1.82) is 0 Å². The number of aromatic nitrogens is 2. The van der Waals surface area contributed by atoms with E-state index in [2.05, 4.69) is 20.6 Å². The summed E-state index contributed by atoms with van der Waals surface area (Å²) in [6, 6.07) is 2.73. The van der Waals surface area contributed by atoms with Crippen LogP contribution in [-0.4, -0.2) is 34.1 Å². The Morgan fingerprint density at radius 1 is 1.31 bits per heavy atom. The van der Waals surface area contributed by atoms with E-state index in [1.807, 2.05) is 0 Å². The average molecular weight is 364 g/mol. The second-order valence-electron chi connectivity index (χ2n) is 6.42. The van der Waals surface area contributed by atoms with Crippen LogP contribution in [0.4, 0.5) is 9.18 Å². The molecule has 2 aromatic heterocycles. The molecule has 0 aromatic carbocycles. The van der Waals surface area contributed by atoms with Crippen LogP contribution in [0.2, 0.25) is 0 Å². The lowest BCUT2D eigenvalue weighted by atomic mass is 10.2. The number of amides is 2. The van der Waals surface area contributed by atoms with E-state index in [1.165, 1.54) is 24.6 Å². The second kappa shape index (κ2) is 8.41. The van der Waals surface area contributed by atoms with Gasteiger partial charge in [-0.15, -0.1) is 0 Å². The number of ether oxygens (including phenoxy) is 1. The predicted molar refractivity (Wildman–Crippen MR) is 89.8 cm³/mol. The first-order chi connectivity index (χ1) is 12.2. The van der Waals surface area contributed by atoms with Gasteiger partial charge in [-0.2, -0.15) is 0 Å². The highest BCUT2D eigenvalue weighted by Gasteiger charge is 2.16. The minimum Gasteiger partial charge on any atom is -0.448 e. The normalized spacial score (nSPS) is 11.1. The molecular formula is C17H21FN4O4. The minimum absolute atomic E-state index is 0.0616. The first-order valence-corrected chi connectivity index (χ1v) is 8.03. The quantitative estimate of drug-likeness (QED) is 0.814. The summed E-state index contributed by atoms with van der Waals surface area (Å²) in [7, 11) is 0. The number of nitrogens with one attached hydrogen (secondary N) is 2. The molecule has 2 amide bonds. The van der Waals surface area contributed by atoms with Crippen LogP contribution >= 0.6 is 0 Å². The maximum Gasteiger partial charge on any atom is 0.407 e. The molecule has 0 atom stereocenters. The molecule has 2 aromatic rings. The van der Waals surface area contributed by atoms with Gasteiger partial charge in [-0.3, -0.25) is 9.78 Å². The number of pyridine rings is 1. The monoisotopic (exact) mass is 364 g/mol. The number of halogens is 1. The lowest BCUT2D eigenvalue weighted by Crippen LogP contribution is -2.33. The van der Waals surface area contributed by atoms with Gasteiger partial charge in [0.25, 0.3) is 5.91 Å². The summed E-state index contributed by atoms with van der Waals surface area (Å²) >= 11 is 0. The van der Waals surface area contributed by atoms with Crippen LogP contribution in [0.3, 0.4) is 0 Å². The standard InChI is InChI=1S/C17H21FN4O4/c1-17(2,3)26-16(24)20-8-6-14-22-13(10-25-14)15(23)21-9-12-11(18)5-4-7-19-12/h4-5,7,10H,6,8-9H2,1-3H3,(H,20,24)(H,21,23). The van der Waals surface area contributed by atoms with Crippen LogP contribution in [0.1, 0.15) is 42.8 Å². The zero-order valence-corrected chi connectivity index (χ0v) is 14.8. The van der Waals surface area contributed by atoms with E-state index in [0.717, 1.165) is 0 Å². The smallest absolute Gasteiger partial charge is 0.407 e. The number of nitrogens with zero attached hydrogens (tertiary/aromatic N) is 2. The molecule has 0 bridgehead atoms. The van der Waals surface area contributed by atoms with Crippen molar-refractivity contribution in [2.24, 2.45) is 0 Å². The number of oxazole rings is 1. The molecule has 26 heavy (non-hydrogen) atoms. The number of alkyl carbamates (subject to hydrolysis) is 1. The molecule has 0 aliphatic carbocycles. The van der Waals surface area contributed by atoms with Crippen LogP contribution in [-0.2, 0) is 17.7 Å². The summed E-state index contributed by atoms with van der Waals surface area (Å²) in [5.41, 5.74) is -0.384.